The molecule has 0 aromatic heterocycles. The molecule has 1 rings (SSSR count). The minimum absolute atomic E-state index is 0.00985. The molecule has 0 aliphatic rings. The largest absolute Gasteiger partial charge is 0.478 e. The van der Waals surface area contributed by atoms with E-state index in [4.69, 9.17) is 0 Å². The Morgan fingerprint density at radius 2 is 1.03 bits per heavy atom. The van der Waals surface area contributed by atoms with Gasteiger partial charge in [0.1, 0.15) is 0 Å². The number of carbonyl (C=O) groups is 2. The maximum Gasteiger partial charge on any atom is 0.336 e. The van der Waals surface area contributed by atoms with E-state index in [1.807, 2.05) is 6.07 Å². The van der Waals surface area contributed by atoms with E-state index in [1.165, 1.54) is 76.7 Å². The van der Waals surface area contributed by atoms with Crippen molar-refractivity contribution in [1.29, 1.82) is 0 Å². The lowest BCUT2D eigenvalue weighted by Gasteiger charge is -2.15. The van der Waals surface area contributed by atoms with Gasteiger partial charge in [0.2, 0.25) is 0 Å². The quantitative estimate of drug-likeness (QED) is 0.197. The molecule has 0 saturated carbocycles. The highest BCUT2D eigenvalue weighted by molar-refractivity contribution is 6.03. The predicted octanol–water partition coefficient (Wildman–Crippen LogP) is 8.45. The smallest absolute Gasteiger partial charge is 0.336 e. The Morgan fingerprint density at radius 3 is 1.47 bits per heavy atom. The molecule has 32 heavy (non-hydrogen) atoms. The van der Waals surface area contributed by atoms with Gasteiger partial charge in [0.15, 0.2) is 0 Å². The maximum atomic E-state index is 12.0. The summed E-state index contributed by atoms with van der Waals surface area (Å²) < 4.78 is 0. The second-order valence-corrected chi connectivity index (χ2v) is 9.19. The Kier molecular flexibility index (Phi) is 15.6. The normalized spacial score (nSPS) is 11.1. The van der Waals surface area contributed by atoms with Gasteiger partial charge >= 0.3 is 11.9 Å². The second kappa shape index (κ2) is 17.7. The number of unbranched alkanes of at least 4 members (excludes halogenated alkanes) is 14. The van der Waals surface area contributed by atoms with Crippen molar-refractivity contribution in [2.24, 2.45) is 0 Å². The summed E-state index contributed by atoms with van der Waals surface area (Å²) in [5, 5.41) is 19.3. The fourth-order valence-corrected chi connectivity index (χ4v) is 4.52. The third kappa shape index (κ3) is 11.2. The van der Waals surface area contributed by atoms with Crippen molar-refractivity contribution in [1.82, 2.24) is 0 Å². The van der Waals surface area contributed by atoms with E-state index in [0.717, 1.165) is 49.7 Å². The predicted molar refractivity (Wildman–Crippen MR) is 133 cm³/mol. The van der Waals surface area contributed by atoms with Gasteiger partial charge in [-0.2, -0.15) is 0 Å². The first-order valence-corrected chi connectivity index (χ1v) is 13.1. The van der Waals surface area contributed by atoms with Crippen LogP contribution in [-0.2, 0) is 12.8 Å². The summed E-state index contributed by atoms with van der Waals surface area (Å²) in [5.74, 6) is -2.27. The number of rotatable bonds is 20. The topological polar surface area (TPSA) is 74.6 Å². The minimum atomic E-state index is -1.16. The van der Waals surface area contributed by atoms with Crippen molar-refractivity contribution < 1.29 is 19.8 Å². The fourth-order valence-electron chi connectivity index (χ4n) is 4.52. The van der Waals surface area contributed by atoms with Crippen molar-refractivity contribution in [3.63, 3.8) is 0 Å². The Bertz CT molecular complexity index is 666. The standard InChI is InChI=1S/C28H46O4/c1-3-5-7-9-11-12-13-14-15-17-19-23-21-22-25(27(29)30)26(28(31)32)24(23)20-18-16-10-8-6-4-2/h21-22H,3-20H2,1-2H3,(H,29,30)(H,31,32). The molecule has 1 aromatic carbocycles. The first kappa shape index (κ1) is 28.2. The van der Waals surface area contributed by atoms with Gasteiger partial charge in [-0.25, -0.2) is 9.59 Å². The van der Waals surface area contributed by atoms with Gasteiger partial charge in [-0.15, -0.1) is 0 Å². The minimum Gasteiger partial charge on any atom is -0.478 e. The van der Waals surface area contributed by atoms with E-state index in [0.29, 0.717) is 6.42 Å². The van der Waals surface area contributed by atoms with E-state index < -0.39 is 11.9 Å². The van der Waals surface area contributed by atoms with Gasteiger partial charge < -0.3 is 10.2 Å². The number of hydrogen-bond acceptors (Lipinski definition) is 2. The molecule has 4 nitrogen and oxygen atoms in total. The van der Waals surface area contributed by atoms with Gasteiger partial charge in [-0.3, -0.25) is 0 Å². The van der Waals surface area contributed by atoms with Crippen molar-refractivity contribution in [3.05, 3.63) is 34.4 Å². The fraction of sp³-hybridized carbons (Fsp3) is 0.714. The molecule has 0 fully saturated rings. The van der Waals surface area contributed by atoms with Crippen LogP contribution in [0.4, 0.5) is 0 Å². The van der Waals surface area contributed by atoms with Crippen LogP contribution in [0, 0.1) is 0 Å². The van der Waals surface area contributed by atoms with Gasteiger partial charge in [0, 0.05) is 0 Å². The van der Waals surface area contributed by atoms with Gasteiger partial charge in [-0.1, -0.05) is 110 Å². The van der Waals surface area contributed by atoms with Crippen molar-refractivity contribution in [2.75, 3.05) is 0 Å². The third-order valence-corrected chi connectivity index (χ3v) is 6.43. The number of aryl methyl sites for hydroxylation is 1. The molecule has 0 amide bonds. The van der Waals surface area contributed by atoms with Crippen LogP contribution >= 0.6 is 0 Å². The highest BCUT2D eigenvalue weighted by Crippen LogP contribution is 2.25. The zero-order valence-electron chi connectivity index (χ0n) is 20.6. The van der Waals surface area contributed by atoms with E-state index >= 15 is 0 Å². The van der Waals surface area contributed by atoms with Crippen LogP contribution in [0.15, 0.2) is 12.1 Å². The molecule has 2 N–H and O–H groups in total. The first-order valence-electron chi connectivity index (χ1n) is 13.1. The summed E-state index contributed by atoms with van der Waals surface area (Å²) in [5.41, 5.74) is 1.71. The molecule has 0 heterocycles. The summed E-state index contributed by atoms with van der Waals surface area (Å²) in [4.78, 5) is 23.6. The summed E-state index contributed by atoms with van der Waals surface area (Å²) in [7, 11) is 0. The Hall–Kier alpha value is -1.84. The third-order valence-electron chi connectivity index (χ3n) is 6.43. The SMILES string of the molecule is CCCCCCCCCCCCc1ccc(C(=O)O)c(C(=O)O)c1CCCCCCCC. The van der Waals surface area contributed by atoms with Crippen LogP contribution in [0.25, 0.3) is 0 Å². The second-order valence-electron chi connectivity index (χ2n) is 9.19. The summed E-state index contributed by atoms with van der Waals surface area (Å²) in [6.07, 6.45) is 20.9. The molecule has 0 atom stereocenters. The van der Waals surface area contributed by atoms with Crippen LogP contribution in [0.5, 0.6) is 0 Å². The molecule has 1 aromatic rings. The summed E-state index contributed by atoms with van der Waals surface area (Å²) in [6.45, 7) is 4.43. The number of hydrogen-bond donors (Lipinski definition) is 2. The molecule has 0 unspecified atom stereocenters. The molecule has 0 bridgehead atoms. The molecular formula is C28H46O4. The molecule has 0 spiro atoms. The van der Waals surface area contributed by atoms with Crippen LogP contribution in [0.3, 0.4) is 0 Å². The number of benzene rings is 1. The molecular weight excluding hydrogens is 400 g/mol. The molecule has 0 radical (unpaired) electrons. The molecule has 182 valence electrons. The highest BCUT2D eigenvalue weighted by Gasteiger charge is 2.22. The number of aromatic carboxylic acids is 2. The van der Waals surface area contributed by atoms with E-state index in [9.17, 15) is 19.8 Å². The zero-order chi connectivity index (χ0) is 23.6. The average Bonchev–Trinajstić information content (AvgIpc) is 2.77. The average molecular weight is 447 g/mol. The summed E-state index contributed by atoms with van der Waals surface area (Å²) >= 11 is 0. The van der Waals surface area contributed by atoms with Crippen LogP contribution in [-0.4, -0.2) is 22.2 Å². The zero-order valence-corrected chi connectivity index (χ0v) is 20.6. The maximum absolute atomic E-state index is 12.0. The first-order chi connectivity index (χ1) is 15.5. The lowest BCUT2D eigenvalue weighted by molar-refractivity contribution is 0.0650. The lowest BCUT2D eigenvalue weighted by atomic mass is 9.89. The molecule has 0 saturated heterocycles. The highest BCUT2D eigenvalue weighted by atomic mass is 16.4. The van der Waals surface area contributed by atoms with Crippen LogP contribution in [0.1, 0.15) is 148 Å². The van der Waals surface area contributed by atoms with Crippen LogP contribution < -0.4 is 0 Å². The molecule has 0 aliphatic heterocycles. The van der Waals surface area contributed by atoms with Gasteiger partial charge in [0.25, 0.3) is 0 Å². The summed E-state index contributed by atoms with van der Waals surface area (Å²) in [6, 6.07) is 3.35. The van der Waals surface area contributed by atoms with Crippen molar-refractivity contribution in [2.45, 2.75) is 129 Å². The van der Waals surface area contributed by atoms with Crippen LogP contribution in [0.2, 0.25) is 0 Å². The van der Waals surface area contributed by atoms with Crippen molar-refractivity contribution >= 4 is 11.9 Å². The Labute approximate surface area is 195 Å². The van der Waals surface area contributed by atoms with E-state index in [2.05, 4.69) is 13.8 Å². The Morgan fingerprint density at radius 1 is 0.594 bits per heavy atom. The van der Waals surface area contributed by atoms with Gasteiger partial charge in [-0.05, 0) is 42.9 Å². The van der Waals surface area contributed by atoms with Gasteiger partial charge in [0.05, 0.1) is 11.1 Å². The molecule has 0 aliphatic carbocycles. The van der Waals surface area contributed by atoms with Crippen molar-refractivity contribution in [3.8, 4) is 0 Å². The molecule has 4 heteroatoms. The Balaban J connectivity index is 2.63. The number of carboxylic acid groups (broad SMARTS) is 2. The van der Waals surface area contributed by atoms with E-state index in [1.54, 1.807) is 0 Å². The monoisotopic (exact) mass is 446 g/mol. The lowest BCUT2D eigenvalue weighted by Crippen LogP contribution is -2.14. The number of carboxylic acids is 2. The van der Waals surface area contributed by atoms with E-state index in [-0.39, 0.29) is 11.1 Å².